The van der Waals surface area contributed by atoms with E-state index in [0.29, 0.717) is 10.6 Å². The Hall–Kier alpha value is -1.50. The molecule has 2 aromatic rings. The van der Waals surface area contributed by atoms with Crippen molar-refractivity contribution in [2.24, 2.45) is 0 Å². The average molecular weight is 289 g/mol. The molecule has 0 spiro atoms. The number of hydrogen-bond acceptors (Lipinski definition) is 3. The van der Waals surface area contributed by atoms with Crippen LogP contribution in [-0.4, -0.2) is 0 Å². The zero-order chi connectivity index (χ0) is 13.2. The molecule has 1 aliphatic carbocycles. The normalized spacial score (nSPS) is 13.1. The number of thiophene rings is 1. The highest BCUT2D eigenvalue weighted by Gasteiger charge is 2.14. The minimum Gasteiger partial charge on any atom is -0.380 e. The van der Waals surface area contributed by atoms with Gasteiger partial charge in [0.05, 0.1) is 10.6 Å². The van der Waals surface area contributed by atoms with Gasteiger partial charge in [0, 0.05) is 22.0 Å². The van der Waals surface area contributed by atoms with Gasteiger partial charge in [-0.15, -0.1) is 11.3 Å². The molecule has 2 nitrogen and oxygen atoms in total. The van der Waals surface area contributed by atoms with Crippen LogP contribution >= 0.6 is 22.9 Å². The van der Waals surface area contributed by atoms with E-state index in [-0.39, 0.29) is 0 Å². The molecule has 0 radical (unpaired) electrons. The number of nitrogens with zero attached hydrogens (tertiary/aromatic N) is 1. The summed E-state index contributed by atoms with van der Waals surface area (Å²) in [5, 5.41) is 12.7. The topological polar surface area (TPSA) is 35.8 Å². The molecule has 0 saturated carbocycles. The van der Waals surface area contributed by atoms with Crippen LogP contribution in [0.15, 0.2) is 24.3 Å². The van der Waals surface area contributed by atoms with Gasteiger partial charge >= 0.3 is 0 Å². The van der Waals surface area contributed by atoms with Crippen molar-refractivity contribution in [3.63, 3.8) is 0 Å². The summed E-state index contributed by atoms with van der Waals surface area (Å²) in [5.41, 5.74) is 3.00. The second kappa shape index (κ2) is 5.24. The van der Waals surface area contributed by atoms with Crippen molar-refractivity contribution in [3.8, 4) is 6.07 Å². The lowest BCUT2D eigenvalue weighted by molar-refractivity contribution is 0.913. The Morgan fingerprint density at radius 2 is 2.21 bits per heavy atom. The Kier molecular flexibility index (Phi) is 3.46. The van der Waals surface area contributed by atoms with Crippen molar-refractivity contribution in [2.45, 2.75) is 25.8 Å². The van der Waals surface area contributed by atoms with E-state index >= 15 is 0 Å². The molecule has 0 amide bonds. The third-order valence-corrected chi connectivity index (χ3v) is 4.90. The zero-order valence-electron chi connectivity index (χ0n) is 10.4. The molecular weight excluding hydrogens is 276 g/mol. The second-order valence-electron chi connectivity index (χ2n) is 4.67. The van der Waals surface area contributed by atoms with E-state index in [0.717, 1.165) is 12.2 Å². The van der Waals surface area contributed by atoms with Crippen molar-refractivity contribution < 1.29 is 0 Å². The quantitative estimate of drug-likeness (QED) is 0.910. The Morgan fingerprint density at radius 1 is 1.32 bits per heavy atom. The molecule has 96 valence electrons. The fourth-order valence-electron chi connectivity index (χ4n) is 2.38. The number of nitriles is 1. The summed E-state index contributed by atoms with van der Waals surface area (Å²) in [7, 11) is 0. The zero-order valence-corrected chi connectivity index (χ0v) is 11.9. The van der Waals surface area contributed by atoms with E-state index in [2.05, 4.69) is 17.5 Å². The van der Waals surface area contributed by atoms with E-state index in [1.165, 1.54) is 29.7 Å². The summed E-state index contributed by atoms with van der Waals surface area (Å²) < 4.78 is 0. The predicted molar refractivity (Wildman–Crippen MR) is 79.8 cm³/mol. The highest BCUT2D eigenvalue weighted by Crippen LogP contribution is 2.31. The maximum absolute atomic E-state index is 8.83. The van der Waals surface area contributed by atoms with Gasteiger partial charge in [-0.2, -0.15) is 5.26 Å². The number of fused-ring (bicyclic) bond motifs is 1. The second-order valence-corrected chi connectivity index (χ2v) is 6.30. The van der Waals surface area contributed by atoms with Crippen LogP contribution in [-0.2, 0) is 19.4 Å². The highest BCUT2D eigenvalue weighted by atomic mass is 35.5. The molecule has 0 saturated heterocycles. The number of hydrogen-bond donors (Lipinski definition) is 1. The number of rotatable bonds is 3. The molecule has 1 aliphatic rings. The first-order valence-electron chi connectivity index (χ1n) is 6.30. The molecule has 0 aliphatic heterocycles. The molecule has 0 fully saturated rings. The van der Waals surface area contributed by atoms with Gasteiger partial charge in [0.15, 0.2) is 0 Å². The van der Waals surface area contributed by atoms with Gasteiger partial charge in [-0.25, -0.2) is 0 Å². The van der Waals surface area contributed by atoms with Gasteiger partial charge in [-0.3, -0.25) is 0 Å². The standard InChI is InChI=1S/C15H13ClN2S/c16-14-7-12(5-4-11(14)8-17)18-9-13-6-10-2-1-3-15(10)19-13/h4-7,18H,1-3,9H2. The lowest BCUT2D eigenvalue weighted by Crippen LogP contribution is -1.97. The van der Waals surface area contributed by atoms with E-state index in [1.54, 1.807) is 17.0 Å². The van der Waals surface area contributed by atoms with Crippen molar-refractivity contribution in [3.05, 3.63) is 50.2 Å². The fraction of sp³-hybridized carbons (Fsp3) is 0.267. The Balaban J connectivity index is 1.69. The molecule has 0 atom stereocenters. The molecule has 4 heteroatoms. The van der Waals surface area contributed by atoms with Crippen LogP contribution in [0, 0.1) is 11.3 Å². The van der Waals surface area contributed by atoms with Crippen LogP contribution in [0.4, 0.5) is 5.69 Å². The molecule has 1 heterocycles. The minimum absolute atomic E-state index is 0.501. The van der Waals surface area contributed by atoms with Crippen molar-refractivity contribution in [2.75, 3.05) is 5.32 Å². The average Bonchev–Trinajstić information content (AvgIpc) is 2.97. The molecular formula is C15H13ClN2S. The molecule has 1 aromatic heterocycles. The molecule has 0 bridgehead atoms. The van der Waals surface area contributed by atoms with E-state index in [9.17, 15) is 0 Å². The van der Waals surface area contributed by atoms with E-state index in [1.807, 2.05) is 17.4 Å². The smallest absolute Gasteiger partial charge is 0.101 e. The van der Waals surface area contributed by atoms with Crippen molar-refractivity contribution in [1.82, 2.24) is 0 Å². The Morgan fingerprint density at radius 3 is 2.95 bits per heavy atom. The first-order valence-corrected chi connectivity index (χ1v) is 7.49. The monoisotopic (exact) mass is 288 g/mol. The number of benzene rings is 1. The summed E-state index contributed by atoms with van der Waals surface area (Å²) in [6.45, 7) is 0.819. The van der Waals surface area contributed by atoms with Gasteiger partial charge in [-0.1, -0.05) is 11.6 Å². The molecule has 1 aromatic carbocycles. The van der Waals surface area contributed by atoms with Gasteiger partial charge < -0.3 is 5.32 Å². The predicted octanol–water partition coefficient (Wildman–Crippen LogP) is 4.37. The van der Waals surface area contributed by atoms with Gasteiger partial charge in [-0.05, 0) is 49.1 Å². The molecule has 0 unspecified atom stereocenters. The SMILES string of the molecule is N#Cc1ccc(NCc2cc3c(s2)CCC3)cc1Cl. The van der Waals surface area contributed by atoms with Gasteiger partial charge in [0.1, 0.15) is 6.07 Å². The van der Waals surface area contributed by atoms with Crippen LogP contribution in [0.2, 0.25) is 5.02 Å². The highest BCUT2D eigenvalue weighted by molar-refractivity contribution is 7.12. The van der Waals surface area contributed by atoms with Crippen LogP contribution in [0.1, 0.15) is 27.3 Å². The maximum Gasteiger partial charge on any atom is 0.101 e. The van der Waals surface area contributed by atoms with Crippen LogP contribution in [0.25, 0.3) is 0 Å². The summed E-state index contributed by atoms with van der Waals surface area (Å²) in [6, 6.07) is 9.83. The molecule has 19 heavy (non-hydrogen) atoms. The third kappa shape index (κ3) is 2.60. The fourth-order valence-corrected chi connectivity index (χ4v) is 3.81. The van der Waals surface area contributed by atoms with Crippen LogP contribution in [0.3, 0.4) is 0 Å². The first-order chi connectivity index (χ1) is 9.26. The molecule has 1 N–H and O–H groups in total. The Bertz CT molecular complexity index is 633. The number of anilines is 1. The largest absolute Gasteiger partial charge is 0.380 e. The summed E-state index contributed by atoms with van der Waals surface area (Å²) >= 11 is 7.92. The molecule has 3 rings (SSSR count). The third-order valence-electron chi connectivity index (χ3n) is 3.35. The van der Waals surface area contributed by atoms with E-state index < -0.39 is 0 Å². The summed E-state index contributed by atoms with van der Waals surface area (Å²) in [5.74, 6) is 0. The summed E-state index contributed by atoms with van der Waals surface area (Å²) in [6.07, 6.45) is 3.78. The van der Waals surface area contributed by atoms with Gasteiger partial charge in [0.2, 0.25) is 0 Å². The van der Waals surface area contributed by atoms with Crippen molar-refractivity contribution in [1.29, 1.82) is 5.26 Å². The summed E-state index contributed by atoms with van der Waals surface area (Å²) in [4.78, 5) is 2.92. The van der Waals surface area contributed by atoms with Crippen LogP contribution in [0.5, 0.6) is 0 Å². The first kappa shape index (κ1) is 12.5. The number of nitrogens with one attached hydrogen (secondary N) is 1. The van der Waals surface area contributed by atoms with Crippen molar-refractivity contribution >= 4 is 28.6 Å². The van der Waals surface area contributed by atoms with Gasteiger partial charge in [0.25, 0.3) is 0 Å². The lowest BCUT2D eigenvalue weighted by Gasteiger charge is -2.06. The van der Waals surface area contributed by atoms with Crippen LogP contribution < -0.4 is 5.32 Å². The van der Waals surface area contributed by atoms with E-state index in [4.69, 9.17) is 16.9 Å². The number of halogens is 1. The minimum atomic E-state index is 0.501. The Labute approximate surface area is 121 Å². The maximum atomic E-state index is 8.83. The number of aryl methyl sites for hydroxylation is 2. The lowest BCUT2D eigenvalue weighted by atomic mass is 10.2.